The quantitative estimate of drug-likeness (QED) is 0.482. The van der Waals surface area contributed by atoms with Crippen molar-refractivity contribution in [3.63, 3.8) is 0 Å². The van der Waals surface area contributed by atoms with E-state index in [2.05, 4.69) is 37.9 Å². The highest BCUT2D eigenvalue weighted by Crippen LogP contribution is 2.29. The summed E-state index contributed by atoms with van der Waals surface area (Å²) in [6, 6.07) is 9.80. The number of aromatic nitrogens is 5. The number of aryl methyl sites for hydroxylation is 1. The van der Waals surface area contributed by atoms with Gasteiger partial charge in [0.15, 0.2) is 5.65 Å². The summed E-state index contributed by atoms with van der Waals surface area (Å²) in [6.45, 7) is 4.33. The number of rotatable bonds is 4. The molecule has 4 aromatic heterocycles. The number of nitrogens with one attached hydrogen (secondary N) is 1. The predicted octanol–water partition coefficient (Wildman–Crippen LogP) is 5.22. The van der Waals surface area contributed by atoms with E-state index in [0.29, 0.717) is 22.9 Å². The Bertz CT molecular complexity index is 1300. The Morgan fingerprint density at radius 1 is 1.03 bits per heavy atom. The fraction of sp³-hybridized carbons (Fsp3) is 0.320. The molecular formula is C25H24N6O. The third-order valence-corrected chi connectivity index (χ3v) is 6.11. The number of pyridine rings is 3. The third-order valence-electron chi connectivity index (χ3n) is 6.11. The highest BCUT2D eigenvalue weighted by Gasteiger charge is 2.20. The molecule has 1 aliphatic rings. The summed E-state index contributed by atoms with van der Waals surface area (Å²) in [5, 5.41) is 9.07. The van der Waals surface area contributed by atoms with E-state index >= 15 is 0 Å². The second kappa shape index (κ2) is 8.39. The van der Waals surface area contributed by atoms with Gasteiger partial charge in [-0.3, -0.25) is 4.98 Å². The molecule has 4 aromatic rings. The lowest BCUT2D eigenvalue weighted by atomic mass is 9.89. The molecule has 0 aromatic carbocycles. The minimum Gasteiger partial charge on any atom is -0.474 e. The van der Waals surface area contributed by atoms with Crippen molar-refractivity contribution >= 4 is 11.2 Å². The van der Waals surface area contributed by atoms with Crippen LogP contribution in [0.5, 0.6) is 5.88 Å². The standard InChI is InChI=1S/C25H24N6O/c1-15-3-6-19(7-4-15)32-23-8-5-18(13-28-23)21-9-16(2)20(14-27-21)24-30-22-10-17(11-26)12-29-25(22)31-24/h5,8-10,12-15,19H,3-4,6-7H2,1-2H3,(H,29,30,31). The van der Waals surface area contributed by atoms with Gasteiger partial charge in [0.2, 0.25) is 5.88 Å². The number of fused-ring (bicyclic) bond motifs is 1. The first-order valence-electron chi connectivity index (χ1n) is 10.9. The van der Waals surface area contributed by atoms with Gasteiger partial charge in [0, 0.05) is 35.8 Å². The van der Waals surface area contributed by atoms with Gasteiger partial charge in [0.25, 0.3) is 0 Å². The summed E-state index contributed by atoms with van der Waals surface area (Å²) in [6.07, 6.45) is 10.1. The van der Waals surface area contributed by atoms with Crippen LogP contribution in [0.2, 0.25) is 0 Å². The topological polar surface area (TPSA) is 100 Å². The molecule has 0 radical (unpaired) electrons. The summed E-state index contributed by atoms with van der Waals surface area (Å²) in [5.74, 6) is 2.16. The van der Waals surface area contributed by atoms with Crippen molar-refractivity contribution in [1.82, 2.24) is 24.9 Å². The second-order valence-corrected chi connectivity index (χ2v) is 8.56. The lowest BCUT2D eigenvalue weighted by molar-refractivity contribution is 0.130. The van der Waals surface area contributed by atoms with Gasteiger partial charge in [0.1, 0.15) is 18.0 Å². The van der Waals surface area contributed by atoms with E-state index in [1.165, 1.54) is 19.0 Å². The summed E-state index contributed by atoms with van der Waals surface area (Å²) in [4.78, 5) is 21.2. The Morgan fingerprint density at radius 3 is 2.59 bits per heavy atom. The van der Waals surface area contributed by atoms with Crippen LogP contribution in [-0.2, 0) is 0 Å². The normalized spacial score (nSPS) is 18.4. The number of imidazole rings is 1. The number of H-pyrrole nitrogens is 1. The van der Waals surface area contributed by atoms with Gasteiger partial charge in [-0.1, -0.05) is 6.92 Å². The Morgan fingerprint density at radius 2 is 1.88 bits per heavy atom. The average molecular weight is 425 g/mol. The molecule has 5 rings (SSSR count). The first kappa shape index (κ1) is 20.1. The zero-order valence-electron chi connectivity index (χ0n) is 18.2. The van der Waals surface area contributed by atoms with Gasteiger partial charge in [-0.2, -0.15) is 5.26 Å². The molecule has 32 heavy (non-hydrogen) atoms. The van der Waals surface area contributed by atoms with Gasteiger partial charge in [0.05, 0.1) is 16.8 Å². The van der Waals surface area contributed by atoms with Crippen LogP contribution < -0.4 is 4.74 Å². The fourth-order valence-corrected chi connectivity index (χ4v) is 4.17. The van der Waals surface area contributed by atoms with Gasteiger partial charge in [-0.25, -0.2) is 15.0 Å². The number of aromatic amines is 1. The van der Waals surface area contributed by atoms with Crippen molar-refractivity contribution in [3.05, 3.63) is 54.0 Å². The maximum Gasteiger partial charge on any atom is 0.213 e. The van der Waals surface area contributed by atoms with Crippen LogP contribution in [0.15, 0.2) is 42.9 Å². The molecule has 0 saturated heterocycles. The molecule has 1 N–H and O–H groups in total. The SMILES string of the molecule is Cc1cc(-c2ccc(OC3CCC(C)CC3)nc2)ncc1-c1nc2ncc(C#N)cc2[nH]1. The molecule has 7 heteroatoms. The minimum absolute atomic E-state index is 0.270. The van der Waals surface area contributed by atoms with Crippen LogP contribution in [0.4, 0.5) is 0 Å². The summed E-state index contributed by atoms with van der Waals surface area (Å²) < 4.78 is 6.07. The van der Waals surface area contributed by atoms with Crippen LogP contribution in [0.1, 0.15) is 43.7 Å². The van der Waals surface area contributed by atoms with Crippen LogP contribution in [0, 0.1) is 24.2 Å². The zero-order valence-corrected chi connectivity index (χ0v) is 18.2. The van der Waals surface area contributed by atoms with Crippen molar-refractivity contribution in [2.75, 3.05) is 0 Å². The average Bonchev–Trinajstić information content (AvgIpc) is 3.24. The largest absolute Gasteiger partial charge is 0.474 e. The highest BCUT2D eigenvalue weighted by molar-refractivity contribution is 5.78. The van der Waals surface area contributed by atoms with Crippen LogP contribution >= 0.6 is 0 Å². The number of hydrogen-bond acceptors (Lipinski definition) is 6. The molecular weight excluding hydrogens is 400 g/mol. The van der Waals surface area contributed by atoms with Gasteiger partial charge < -0.3 is 9.72 Å². The van der Waals surface area contributed by atoms with E-state index in [1.54, 1.807) is 12.3 Å². The van der Waals surface area contributed by atoms with E-state index in [9.17, 15) is 0 Å². The number of ether oxygens (including phenoxy) is 1. The zero-order chi connectivity index (χ0) is 22.1. The van der Waals surface area contributed by atoms with Gasteiger partial charge >= 0.3 is 0 Å². The number of nitrogens with zero attached hydrogens (tertiary/aromatic N) is 5. The molecule has 7 nitrogen and oxygen atoms in total. The maximum atomic E-state index is 9.07. The molecule has 160 valence electrons. The van der Waals surface area contributed by atoms with Crippen LogP contribution in [-0.4, -0.2) is 31.0 Å². The van der Waals surface area contributed by atoms with Crippen molar-refractivity contribution in [2.24, 2.45) is 5.92 Å². The predicted molar refractivity (Wildman–Crippen MR) is 122 cm³/mol. The summed E-state index contributed by atoms with van der Waals surface area (Å²) in [5.41, 5.74) is 5.52. The maximum absolute atomic E-state index is 9.07. The first-order valence-corrected chi connectivity index (χ1v) is 10.9. The van der Waals surface area contributed by atoms with E-state index in [4.69, 9.17) is 10.00 Å². The molecule has 1 aliphatic carbocycles. The van der Waals surface area contributed by atoms with Crippen LogP contribution in [0.25, 0.3) is 33.8 Å². The minimum atomic E-state index is 0.270. The van der Waals surface area contributed by atoms with E-state index in [1.807, 2.05) is 31.3 Å². The number of nitriles is 1. The van der Waals surface area contributed by atoms with Crippen molar-refractivity contribution in [1.29, 1.82) is 5.26 Å². The molecule has 0 amide bonds. The number of hydrogen-bond donors (Lipinski definition) is 1. The van der Waals surface area contributed by atoms with E-state index < -0.39 is 0 Å². The Balaban J connectivity index is 1.34. The highest BCUT2D eigenvalue weighted by atomic mass is 16.5. The molecule has 4 heterocycles. The van der Waals surface area contributed by atoms with E-state index in [-0.39, 0.29) is 6.10 Å². The van der Waals surface area contributed by atoms with Crippen LogP contribution in [0.3, 0.4) is 0 Å². The Hall–Kier alpha value is -3.79. The second-order valence-electron chi connectivity index (χ2n) is 8.56. The molecule has 1 fully saturated rings. The van der Waals surface area contributed by atoms with Gasteiger partial charge in [-0.15, -0.1) is 0 Å². The molecule has 0 atom stereocenters. The Kier molecular flexibility index (Phi) is 5.28. The van der Waals surface area contributed by atoms with Crippen molar-refractivity contribution in [2.45, 2.75) is 45.6 Å². The lowest BCUT2D eigenvalue weighted by Gasteiger charge is -2.26. The lowest BCUT2D eigenvalue weighted by Crippen LogP contribution is -2.23. The fourth-order valence-electron chi connectivity index (χ4n) is 4.17. The van der Waals surface area contributed by atoms with E-state index in [0.717, 1.165) is 46.7 Å². The smallest absolute Gasteiger partial charge is 0.213 e. The molecule has 0 spiro atoms. The Labute approximate surface area is 186 Å². The molecule has 0 bridgehead atoms. The molecule has 0 unspecified atom stereocenters. The summed E-state index contributed by atoms with van der Waals surface area (Å²) >= 11 is 0. The molecule has 0 aliphatic heterocycles. The summed E-state index contributed by atoms with van der Waals surface area (Å²) in [7, 11) is 0. The first-order chi connectivity index (χ1) is 15.6. The van der Waals surface area contributed by atoms with Crippen molar-refractivity contribution in [3.8, 4) is 34.6 Å². The van der Waals surface area contributed by atoms with Gasteiger partial charge in [-0.05, 0) is 62.3 Å². The van der Waals surface area contributed by atoms with Crippen molar-refractivity contribution < 1.29 is 4.74 Å². The third kappa shape index (κ3) is 4.04. The molecule has 1 saturated carbocycles. The monoisotopic (exact) mass is 424 g/mol.